The van der Waals surface area contributed by atoms with Crippen LogP contribution in [0.1, 0.15) is 10.4 Å². The van der Waals surface area contributed by atoms with E-state index in [0.717, 1.165) is 0 Å². The van der Waals surface area contributed by atoms with Gasteiger partial charge < -0.3 is 15.0 Å². The van der Waals surface area contributed by atoms with E-state index in [1.165, 1.54) is 23.1 Å². The standard InChI is InChI=1S/C19H19F3N2O3S/c1-24(2)17(25)11-27-14-7-5-6-13(10-14)18(26)23-15-8-3-4-9-16(15)28-12-19(20,21)22/h3-10H,11-12H2,1-2H3,(H,23,26). The van der Waals surface area contributed by atoms with E-state index in [0.29, 0.717) is 22.4 Å². The molecular formula is C19H19F3N2O3S. The van der Waals surface area contributed by atoms with E-state index in [1.54, 1.807) is 44.4 Å². The molecule has 2 amide bonds. The molecule has 0 saturated carbocycles. The molecule has 150 valence electrons. The minimum absolute atomic E-state index is 0.172. The third-order valence-corrected chi connectivity index (χ3v) is 4.62. The second-order valence-corrected chi connectivity index (χ2v) is 6.98. The summed E-state index contributed by atoms with van der Waals surface area (Å²) in [5, 5.41) is 2.62. The van der Waals surface area contributed by atoms with Gasteiger partial charge in [0.05, 0.1) is 11.4 Å². The zero-order chi connectivity index (χ0) is 20.7. The number of rotatable bonds is 7. The Balaban J connectivity index is 2.07. The first-order chi connectivity index (χ1) is 13.2. The number of amides is 2. The topological polar surface area (TPSA) is 58.6 Å². The molecule has 9 heteroatoms. The molecule has 2 rings (SSSR count). The molecule has 0 spiro atoms. The lowest BCUT2D eigenvalue weighted by molar-refractivity contribution is -0.130. The fourth-order valence-electron chi connectivity index (χ4n) is 2.05. The largest absolute Gasteiger partial charge is 0.484 e. The maximum atomic E-state index is 12.5. The number of hydrogen-bond donors (Lipinski definition) is 1. The number of nitrogens with zero attached hydrogens (tertiary/aromatic N) is 1. The quantitative estimate of drug-likeness (QED) is 0.697. The molecule has 0 saturated heterocycles. The van der Waals surface area contributed by atoms with E-state index in [-0.39, 0.29) is 23.8 Å². The van der Waals surface area contributed by atoms with Crippen LogP contribution in [0.2, 0.25) is 0 Å². The van der Waals surface area contributed by atoms with Crippen LogP contribution in [0.5, 0.6) is 5.75 Å². The Morgan fingerprint density at radius 2 is 1.82 bits per heavy atom. The van der Waals surface area contributed by atoms with Crippen molar-refractivity contribution in [3.63, 3.8) is 0 Å². The van der Waals surface area contributed by atoms with E-state index in [2.05, 4.69) is 5.32 Å². The number of nitrogens with one attached hydrogen (secondary N) is 1. The maximum absolute atomic E-state index is 12.5. The number of ether oxygens (including phenoxy) is 1. The van der Waals surface area contributed by atoms with Gasteiger partial charge in [0.2, 0.25) is 0 Å². The second-order valence-electron chi connectivity index (χ2n) is 5.96. The highest BCUT2D eigenvalue weighted by molar-refractivity contribution is 7.99. The van der Waals surface area contributed by atoms with Crippen LogP contribution in [0.3, 0.4) is 0 Å². The Bertz CT molecular complexity index is 841. The van der Waals surface area contributed by atoms with E-state index in [9.17, 15) is 22.8 Å². The summed E-state index contributed by atoms with van der Waals surface area (Å²) in [5.74, 6) is -1.44. The molecule has 5 nitrogen and oxygen atoms in total. The predicted octanol–water partition coefficient (Wildman–Crippen LogP) is 4.06. The average molecular weight is 412 g/mol. The minimum atomic E-state index is -4.31. The van der Waals surface area contributed by atoms with Crippen molar-refractivity contribution in [2.75, 3.05) is 31.8 Å². The number of thioether (sulfide) groups is 1. The van der Waals surface area contributed by atoms with E-state index in [4.69, 9.17) is 4.74 Å². The Hall–Kier alpha value is -2.68. The molecule has 2 aromatic rings. The van der Waals surface area contributed by atoms with Crippen LogP contribution in [0.4, 0.5) is 18.9 Å². The van der Waals surface area contributed by atoms with Gasteiger partial charge in [0.25, 0.3) is 11.8 Å². The normalized spacial score (nSPS) is 11.0. The number of alkyl halides is 3. The highest BCUT2D eigenvalue weighted by Gasteiger charge is 2.27. The van der Waals surface area contributed by atoms with Crippen LogP contribution < -0.4 is 10.1 Å². The Kier molecular flexibility index (Phi) is 7.33. The van der Waals surface area contributed by atoms with Crippen LogP contribution >= 0.6 is 11.8 Å². The third kappa shape index (κ3) is 6.80. The molecule has 0 aliphatic carbocycles. The van der Waals surface area contributed by atoms with Crippen LogP contribution in [-0.4, -0.2) is 49.3 Å². The highest BCUT2D eigenvalue weighted by atomic mass is 32.2. The van der Waals surface area contributed by atoms with Crippen LogP contribution in [0.25, 0.3) is 0 Å². The van der Waals surface area contributed by atoms with E-state index >= 15 is 0 Å². The number of para-hydroxylation sites is 1. The molecule has 0 aliphatic heterocycles. The van der Waals surface area contributed by atoms with Crippen molar-refractivity contribution >= 4 is 29.3 Å². The van der Waals surface area contributed by atoms with Crippen molar-refractivity contribution in [1.29, 1.82) is 0 Å². The number of anilines is 1. The fourth-order valence-corrected chi connectivity index (χ4v) is 2.82. The van der Waals surface area contributed by atoms with Crippen molar-refractivity contribution < 1.29 is 27.5 Å². The zero-order valence-corrected chi connectivity index (χ0v) is 16.1. The molecule has 28 heavy (non-hydrogen) atoms. The van der Waals surface area contributed by atoms with Crippen molar-refractivity contribution in [3.8, 4) is 5.75 Å². The summed E-state index contributed by atoms with van der Waals surface area (Å²) >= 11 is 0.602. The van der Waals surface area contributed by atoms with Gasteiger partial charge in [-0.05, 0) is 30.3 Å². The molecule has 1 N–H and O–H groups in total. The lowest BCUT2D eigenvalue weighted by atomic mass is 10.2. The number of hydrogen-bond acceptors (Lipinski definition) is 4. The SMILES string of the molecule is CN(C)C(=O)COc1cccc(C(=O)Nc2ccccc2SCC(F)(F)F)c1. The summed E-state index contributed by atoms with van der Waals surface area (Å²) in [6.07, 6.45) is -4.31. The van der Waals surface area contributed by atoms with Crippen molar-refractivity contribution in [2.45, 2.75) is 11.1 Å². The summed E-state index contributed by atoms with van der Waals surface area (Å²) in [6.45, 7) is -0.172. The van der Waals surface area contributed by atoms with Crippen LogP contribution in [-0.2, 0) is 4.79 Å². The third-order valence-electron chi connectivity index (χ3n) is 3.48. The predicted molar refractivity (Wildman–Crippen MR) is 102 cm³/mol. The number of benzene rings is 2. The van der Waals surface area contributed by atoms with Crippen molar-refractivity contribution in [1.82, 2.24) is 4.90 Å². The Morgan fingerprint density at radius 3 is 2.50 bits per heavy atom. The molecular weight excluding hydrogens is 393 g/mol. The van der Waals surface area contributed by atoms with Gasteiger partial charge in [-0.3, -0.25) is 9.59 Å². The van der Waals surface area contributed by atoms with Gasteiger partial charge in [0.15, 0.2) is 6.61 Å². The van der Waals surface area contributed by atoms with Gasteiger partial charge >= 0.3 is 6.18 Å². The molecule has 0 unspecified atom stereocenters. The fraction of sp³-hybridized carbons (Fsp3) is 0.263. The number of halogens is 3. The summed E-state index contributed by atoms with van der Waals surface area (Å²) < 4.78 is 42.8. The minimum Gasteiger partial charge on any atom is -0.484 e. The zero-order valence-electron chi connectivity index (χ0n) is 15.2. The summed E-state index contributed by atoms with van der Waals surface area (Å²) in [5.41, 5.74) is 0.543. The lowest BCUT2D eigenvalue weighted by Gasteiger charge is -2.13. The average Bonchev–Trinajstić information content (AvgIpc) is 2.64. The van der Waals surface area contributed by atoms with Gasteiger partial charge in [-0.2, -0.15) is 13.2 Å². The molecule has 0 aromatic heterocycles. The first kappa shape index (κ1) is 21.6. The van der Waals surface area contributed by atoms with Crippen LogP contribution in [0.15, 0.2) is 53.4 Å². The van der Waals surface area contributed by atoms with E-state index in [1.807, 2.05) is 0 Å². The van der Waals surface area contributed by atoms with Crippen molar-refractivity contribution in [2.24, 2.45) is 0 Å². The summed E-state index contributed by atoms with van der Waals surface area (Å²) in [4.78, 5) is 25.8. The summed E-state index contributed by atoms with van der Waals surface area (Å²) in [7, 11) is 3.20. The monoisotopic (exact) mass is 412 g/mol. The van der Waals surface area contributed by atoms with Gasteiger partial charge in [-0.25, -0.2) is 0 Å². The number of likely N-dealkylation sites (N-methyl/N-ethyl adjacent to an activating group) is 1. The molecule has 0 radical (unpaired) electrons. The van der Waals surface area contributed by atoms with E-state index < -0.39 is 17.8 Å². The van der Waals surface area contributed by atoms with Gasteiger partial charge in [-0.1, -0.05) is 18.2 Å². The molecule has 2 aromatic carbocycles. The first-order valence-corrected chi connectivity index (χ1v) is 9.17. The Labute approximate surface area is 164 Å². The summed E-state index contributed by atoms with van der Waals surface area (Å²) in [6, 6.07) is 12.5. The molecule has 0 atom stereocenters. The number of carbonyl (C=O) groups excluding carboxylic acids is 2. The Morgan fingerprint density at radius 1 is 1.11 bits per heavy atom. The molecule has 0 aliphatic rings. The maximum Gasteiger partial charge on any atom is 0.398 e. The van der Waals surface area contributed by atoms with Gasteiger partial charge in [0.1, 0.15) is 5.75 Å². The first-order valence-electron chi connectivity index (χ1n) is 8.18. The van der Waals surface area contributed by atoms with Crippen LogP contribution in [0, 0.1) is 0 Å². The smallest absolute Gasteiger partial charge is 0.398 e. The van der Waals surface area contributed by atoms with Crippen molar-refractivity contribution in [3.05, 3.63) is 54.1 Å². The second kappa shape index (κ2) is 9.50. The van der Waals surface area contributed by atoms with Gasteiger partial charge in [-0.15, -0.1) is 11.8 Å². The highest BCUT2D eigenvalue weighted by Crippen LogP contribution is 2.32. The lowest BCUT2D eigenvalue weighted by Crippen LogP contribution is -2.27. The van der Waals surface area contributed by atoms with Gasteiger partial charge in [0, 0.05) is 24.6 Å². The molecule has 0 bridgehead atoms. The molecule has 0 fully saturated rings. The number of carbonyl (C=O) groups is 2. The molecule has 0 heterocycles.